The van der Waals surface area contributed by atoms with Crippen molar-refractivity contribution < 1.29 is 0 Å². The number of nitrogens with zero attached hydrogens (tertiary/aromatic N) is 2. The zero-order valence-corrected chi connectivity index (χ0v) is 10.1. The third kappa shape index (κ3) is 4.00. The first-order valence-corrected chi connectivity index (χ1v) is 5.92. The molecule has 0 spiro atoms. The van der Waals surface area contributed by atoms with Gasteiger partial charge in [0.1, 0.15) is 0 Å². The third-order valence-electron chi connectivity index (χ3n) is 2.74. The molecule has 0 aromatic carbocycles. The molecule has 0 saturated carbocycles. The van der Waals surface area contributed by atoms with Crippen LogP contribution in [-0.2, 0) is 6.42 Å². The van der Waals surface area contributed by atoms with E-state index in [9.17, 15) is 0 Å². The predicted molar refractivity (Wildman–Crippen MR) is 64.9 cm³/mol. The van der Waals surface area contributed by atoms with E-state index in [2.05, 4.69) is 23.0 Å². The van der Waals surface area contributed by atoms with Crippen molar-refractivity contribution in [2.75, 3.05) is 20.1 Å². The molecule has 2 heteroatoms. The average molecular weight is 206 g/mol. The Kier molecular flexibility index (Phi) is 5.33. The second-order valence-corrected chi connectivity index (χ2v) is 3.98. The van der Waals surface area contributed by atoms with Gasteiger partial charge in [0.25, 0.3) is 0 Å². The Balaban J connectivity index is 0.000000531. The van der Waals surface area contributed by atoms with Crippen LogP contribution in [0, 0.1) is 5.92 Å². The second kappa shape index (κ2) is 6.57. The van der Waals surface area contributed by atoms with Gasteiger partial charge < -0.3 is 4.90 Å². The van der Waals surface area contributed by atoms with E-state index in [1.807, 2.05) is 32.3 Å². The number of rotatable bonds is 2. The molecule has 1 atom stereocenters. The van der Waals surface area contributed by atoms with Crippen LogP contribution in [0.1, 0.15) is 25.8 Å². The molecule has 0 N–H and O–H groups in total. The lowest BCUT2D eigenvalue weighted by Crippen LogP contribution is -2.14. The largest absolute Gasteiger partial charge is 0.306 e. The van der Waals surface area contributed by atoms with Gasteiger partial charge in [0, 0.05) is 18.9 Å². The van der Waals surface area contributed by atoms with Gasteiger partial charge in [0.05, 0.1) is 0 Å². The summed E-state index contributed by atoms with van der Waals surface area (Å²) < 4.78 is 0. The Morgan fingerprint density at radius 1 is 1.47 bits per heavy atom. The van der Waals surface area contributed by atoms with E-state index in [0.717, 1.165) is 5.92 Å². The molecule has 2 rings (SSSR count). The molecule has 1 aliphatic heterocycles. The first kappa shape index (κ1) is 12.2. The van der Waals surface area contributed by atoms with Crippen LogP contribution in [0.15, 0.2) is 24.5 Å². The van der Waals surface area contributed by atoms with Crippen molar-refractivity contribution in [2.24, 2.45) is 5.92 Å². The highest BCUT2D eigenvalue weighted by molar-refractivity contribution is 5.09. The smallest absolute Gasteiger partial charge is 0.0299 e. The Morgan fingerprint density at radius 3 is 2.80 bits per heavy atom. The number of aromatic nitrogens is 1. The van der Waals surface area contributed by atoms with Crippen LogP contribution < -0.4 is 0 Å². The van der Waals surface area contributed by atoms with Gasteiger partial charge in [0.2, 0.25) is 0 Å². The number of pyridine rings is 1. The molecule has 1 fully saturated rings. The van der Waals surface area contributed by atoms with E-state index in [0.29, 0.717) is 0 Å². The summed E-state index contributed by atoms with van der Waals surface area (Å²) in [7, 11) is 2.20. The summed E-state index contributed by atoms with van der Waals surface area (Å²) in [5.41, 5.74) is 1.38. The van der Waals surface area contributed by atoms with Crippen molar-refractivity contribution in [1.82, 2.24) is 9.88 Å². The molecule has 1 saturated heterocycles. The molecule has 1 aliphatic rings. The molecule has 0 bridgehead atoms. The van der Waals surface area contributed by atoms with E-state index >= 15 is 0 Å². The standard InChI is InChI=1S/C11H16N2.C2H6/c1-13-6-4-11(9-13)7-10-3-2-5-12-8-10;1-2/h2-3,5,8,11H,4,6-7,9H2,1H3;1-2H3. The molecular formula is C13H22N2. The fourth-order valence-electron chi connectivity index (χ4n) is 2.05. The highest BCUT2D eigenvalue weighted by Crippen LogP contribution is 2.18. The third-order valence-corrected chi connectivity index (χ3v) is 2.74. The molecule has 0 radical (unpaired) electrons. The van der Waals surface area contributed by atoms with Crippen molar-refractivity contribution in [2.45, 2.75) is 26.7 Å². The Morgan fingerprint density at radius 2 is 2.27 bits per heavy atom. The summed E-state index contributed by atoms with van der Waals surface area (Å²) in [6, 6.07) is 4.19. The van der Waals surface area contributed by atoms with Gasteiger partial charge in [-0.2, -0.15) is 0 Å². The van der Waals surface area contributed by atoms with E-state index < -0.39 is 0 Å². The number of hydrogen-bond acceptors (Lipinski definition) is 2. The van der Waals surface area contributed by atoms with Crippen LogP contribution >= 0.6 is 0 Å². The topological polar surface area (TPSA) is 16.1 Å². The van der Waals surface area contributed by atoms with Crippen molar-refractivity contribution in [3.05, 3.63) is 30.1 Å². The van der Waals surface area contributed by atoms with Crippen LogP contribution in [0.3, 0.4) is 0 Å². The van der Waals surface area contributed by atoms with E-state index in [1.165, 1.54) is 31.5 Å². The average Bonchev–Trinajstić information content (AvgIpc) is 2.68. The quantitative estimate of drug-likeness (QED) is 0.739. The number of hydrogen-bond donors (Lipinski definition) is 0. The van der Waals surface area contributed by atoms with Crippen molar-refractivity contribution in [3.8, 4) is 0 Å². The van der Waals surface area contributed by atoms with E-state index in [1.54, 1.807) is 0 Å². The summed E-state index contributed by atoms with van der Waals surface area (Å²) in [5, 5.41) is 0. The van der Waals surface area contributed by atoms with Crippen molar-refractivity contribution >= 4 is 0 Å². The van der Waals surface area contributed by atoms with Crippen LogP contribution in [0.25, 0.3) is 0 Å². The summed E-state index contributed by atoms with van der Waals surface area (Å²) in [6.45, 7) is 6.50. The van der Waals surface area contributed by atoms with E-state index in [4.69, 9.17) is 0 Å². The van der Waals surface area contributed by atoms with Crippen LogP contribution in [0.4, 0.5) is 0 Å². The Bertz CT molecular complexity index is 258. The van der Waals surface area contributed by atoms with Crippen molar-refractivity contribution in [1.29, 1.82) is 0 Å². The molecule has 1 aromatic rings. The summed E-state index contributed by atoms with van der Waals surface area (Å²) in [6.07, 6.45) is 6.35. The maximum atomic E-state index is 4.13. The van der Waals surface area contributed by atoms with E-state index in [-0.39, 0.29) is 0 Å². The fourth-order valence-corrected chi connectivity index (χ4v) is 2.05. The molecule has 2 nitrogen and oxygen atoms in total. The summed E-state index contributed by atoms with van der Waals surface area (Å²) in [5.74, 6) is 0.842. The fraction of sp³-hybridized carbons (Fsp3) is 0.615. The summed E-state index contributed by atoms with van der Waals surface area (Å²) in [4.78, 5) is 6.54. The van der Waals surface area contributed by atoms with Gasteiger partial charge in [-0.25, -0.2) is 0 Å². The maximum absolute atomic E-state index is 4.13. The molecule has 0 aliphatic carbocycles. The van der Waals surface area contributed by atoms with Gasteiger partial charge in [0.15, 0.2) is 0 Å². The zero-order chi connectivity index (χ0) is 11.1. The second-order valence-electron chi connectivity index (χ2n) is 3.98. The van der Waals surface area contributed by atoms with Gasteiger partial charge in [-0.15, -0.1) is 0 Å². The molecular weight excluding hydrogens is 184 g/mol. The lowest BCUT2D eigenvalue weighted by molar-refractivity contribution is 0.394. The normalized spacial score (nSPS) is 20.9. The molecule has 84 valence electrons. The Hall–Kier alpha value is -0.890. The number of likely N-dealkylation sites (tertiary alicyclic amines) is 1. The minimum absolute atomic E-state index is 0.842. The zero-order valence-electron chi connectivity index (χ0n) is 10.1. The van der Waals surface area contributed by atoms with Crippen molar-refractivity contribution in [3.63, 3.8) is 0 Å². The first-order valence-electron chi connectivity index (χ1n) is 5.92. The van der Waals surface area contributed by atoms with Crippen LogP contribution in [-0.4, -0.2) is 30.0 Å². The van der Waals surface area contributed by atoms with Gasteiger partial charge in [-0.1, -0.05) is 19.9 Å². The summed E-state index contributed by atoms with van der Waals surface area (Å²) >= 11 is 0. The maximum Gasteiger partial charge on any atom is 0.0299 e. The predicted octanol–water partition coefficient (Wildman–Crippen LogP) is 2.60. The Labute approximate surface area is 93.3 Å². The minimum atomic E-state index is 0.842. The molecule has 0 amide bonds. The molecule has 2 heterocycles. The van der Waals surface area contributed by atoms with Gasteiger partial charge >= 0.3 is 0 Å². The monoisotopic (exact) mass is 206 g/mol. The molecule has 1 unspecified atom stereocenters. The highest BCUT2D eigenvalue weighted by Gasteiger charge is 2.19. The lowest BCUT2D eigenvalue weighted by Gasteiger charge is -2.09. The minimum Gasteiger partial charge on any atom is -0.306 e. The SMILES string of the molecule is CC.CN1CCC(Cc2cccnc2)C1. The van der Waals surface area contributed by atoms with Gasteiger partial charge in [-0.05, 0) is 44.0 Å². The van der Waals surface area contributed by atoms with Crippen LogP contribution in [0.5, 0.6) is 0 Å². The highest BCUT2D eigenvalue weighted by atomic mass is 15.1. The first-order chi connectivity index (χ1) is 7.34. The van der Waals surface area contributed by atoms with Crippen LogP contribution in [0.2, 0.25) is 0 Å². The van der Waals surface area contributed by atoms with Gasteiger partial charge in [-0.3, -0.25) is 4.98 Å². The molecule has 1 aromatic heterocycles. The lowest BCUT2D eigenvalue weighted by atomic mass is 10.0. The molecule has 15 heavy (non-hydrogen) atoms.